The fourth-order valence-electron chi connectivity index (χ4n) is 3.34. The maximum absolute atomic E-state index is 12.8. The van der Waals surface area contributed by atoms with E-state index >= 15 is 0 Å². The summed E-state index contributed by atoms with van der Waals surface area (Å²) in [7, 11) is -3.96. The Labute approximate surface area is 163 Å². The van der Waals surface area contributed by atoms with Crippen molar-refractivity contribution in [3.8, 4) is 11.5 Å². The molecule has 148 valence electrons. The van der Waals surface area contributed by atoms with Crippen LogP contribution in [-0.4, -0.2) is 32.7 Å². The molecular formula is C20H22N2O5S. The molecule has 0 radical (unpaired) electrons. The molecule has 1 aromatic heterocycles. The second-order valence-electron chi connectivity index (χ2n) is 6.96. The number of piperidine rings is 1. The van der Waals surface area contributed by atoms with Crippen LogP contribution in [0, 0.1) is 6.92 Å². The minimum Gasteiger partial charge on any atom is -0.507 e. The first kappa shape index (κ1) is 18.6. The van der Waals surface area contributed by atoms with Crippen LogP contribution >= 0.6 is 0 Å². The molecule has 1 aliphatic heterocycles. The fraction of sp³-hybridized carbons (Fsp3) is 0.300. The van der Waals surface area contributed by atoms with E-state index < -0.39 is 10.0 Å². The highest BCUT2D eigenvalue weighted by Gasteiger charge is 2.22. The number of phenolic OH excluding ortho intramolecular Hbond substituents is 1. The van der Waals surface area contributed by atoms with Gasteiger partial charge in [0.05, 0.1) is 12.0 Å². The first-order chi connectivity index (χ1) is 13.4. The highest BCUT2D eigenvalue weighted by atomic mass is 32.2. The number of phenols is 1. The van der Waals surface area contributed by atoms with Gasteiger partial charge >= 0.3 is 0 Å². The fourth-order valence-corrected chi connectivity index (χ4v) is 4.56. The van der Waals surface area contributed by atoms with Gasteiger partial charge in [-0.15, -0.1) is 0 Å². The van der Waals surface area contributed by atoms with Crippen molar-refractivity contribution in [3.63, 3.8) is 0 Å². The summed E-state index contributed by atoms with van der Waals surface area (Å²) in [6.07, 6.45) is 3.33. The molecule has 28 heavy (non-hydrogen) atoms. The molecule has 0 spiro atoms. The summed E-state index contributed by atoms with van der Waals surface area (Å²) in [4.78, 5) is -0.166. The normalized spacial score (nSPS) is 15.6. The quantitative estimate of drug-likeness (QED) is 0.605. The Kier molecular flexibility index (Phi) is 4.91. The largest absolute Gasteiger partial charge is 0.507 e. The molecule has 4 rings (SSSR count). The molecule has 1 fully saturated rings. The van der Waals surface area contributed by atoms with Crippen molar-refractivity contribution in [2.75, 3.05) is 17.8 Å². The summed E-state index contributed by atoms with van der Waals surface area (Å²) >= 11 is 0. The number of sulfonamides is 1. The highest BCUT2D eigenvalue weighted by molar-refractivity contribution is 7.92. The molecule has 0 saturated carbocycles. The Bertz CT molecular complexity index is 1100. The van der Waals surface area contributed by atoms with Crippen molar-refractivity contribution in [2.45, 2.75) is 30.8 Å². The average Bonchev–Trinajstić information content (AvgIpc) is 3.13. The monoisotopic (exact) mass is 402 g/mol. The lowest BCUT2D eigenvalue weighted by Crippen LogP contribution is -2.34. The summed E-state index contributed by atoms with van der Waals surface area (Å²) in [5.74, 6) is 0.203. The molecule has 0 unspecified atom stereocenters. The molecule has 3 N–H and O–H groups in total. The minimum atomic E-state index is -3.96. The Morgan fingerprint density at radius 2 is 1.96 bits per heavy atom. The summed E-state index contributed by atoms with van der Waals surface area (Å²) < 4.78 is 39.8. The van der Waals surface area contributed by atoms with Gasteiger partial charge in [0.15, 0.2) is 11.3 Å². The molecule has 0 bridgehead atoms. The number of hydrogen-bond acceptors (Lipinski definition) is 6. The maximum atomic E-state index is 12.8. The predicted molar refractivity (Wildman–Crippen MR) is 106 cm³/mol. The van der Waals surface area contributed by atoms with Crippen LogP contribution in [0.5, 0.6) is 11.5 Å². The van der Waals surface area contributed by atoms with E-state index in [1.54, 1.807) is 37.5 Å². The number of nitrogens with one attached hydrogen (secondary N) is 2. The molecular weight excluding hydrogens is 380 g/mol. The van der Waals surface area contributed by atoms with Crippen molar-refractivity contribution >= 4 is 26.7 Å². The predicted octanol–water partition coefficient (Wildman–Crippen LogP) is 3.38. The Hall–Kier alpha value is -2.71. The lowest BCUT2D eigenvalue weighted by molar-refractivity contribution is 0.163. The number of benzene rings is 2. The van der Waals surface area contributed by atoms with Crippen molar-refractivity contribution < 1.29 is 22.7 Å². The van der Waals surface area contributed by atoms with Crippen LogP contribution < -0.4 is 14.8 Å². The molecule has 1 aliphatic rings. The van der Waals surface area contributed by atoms with Crippen LogP contribution in [0.2, 0.25) is 0 Å². The SMILES string of the molecule is Cc1ccc(O)c(S(=O)(=O)Nc2cc(OC3CCNCC3)c3occc3c2)c1. The number of aromatic hydroxyl groups is 1. The standard InChI is InChI=1S/C20H22N2O5S/c1-13-2-3-17(23)19(10-13)28(24,25)22-15-11-14-6-9-26-20(14)18(12-15)27-16-4-7-21-8-5-16/h2-3,6,9-12,16,21-23H,4-5,7-8H2,1H3. The van der Waals surface area contributed by atoms with E-state index in [1.165, 1.54) is 12.1 Å². The summed E-state index contributed by atoms with van der Waals surface area (Å²) in [5.41, 5.74) is 1.66. The average molecular weight is 402 g/mol. The molecule has 2 heterocycles. The van der Waals surface area contributed by atoms with Crippen LogP contribution in [0.4, 0.5) is 5.69 Å². The van der Waals surface area contributed by atoms with E-state index in [0.717, 1.165) is 36.9 Å². The topological polar surface area (TPSA) is 101 Å². The van der Waals surface area contributed by atoms with Gasteiger partial charge in [-0.3, -0.25) is 4.72 Å². The third kappa shape index (κ3) is 3.79. The zero-order valence-electron chi connectivity index (χ0n) is 15.4. The number of ether oxygens (including phenoxy) is 1. The smallest absolute Gasteiger partial charge is 0.265 e. The maximum Gasteiger partial charge on any atom is 0.265 e. The molecule has 0 amide bonds. The van der Waals surface area contributed by atoms with Gasteiger partial charge in [-0.05, 0) is 62.7 Å². The molecule has 3 aromatic rings. The van der Waals surface area contributed by atoms with Crippen LogP contribution in [0.25, 0.3) is 11.0 Å². The Balaban J connectivity index is 1.67. The van der Waals surface area contributed by atoms with Crippen LogP contribution in [0.15, 0.2) is 52.0 Å². The van der Waals surface area contributed by atoms with E-state index in [2.05, 4.69) is 10.0 Å². The third-order valence-corrected chi connectivity index (χ3v) is 6.16. The highest BCUT2D eigenvalue weighted by Crippen LogP contribution is 2.34. The first-order valence-electron chi connectivity index (χ1n) is 9.13. The second-order valence-corrected chi connectivity index (χ2v) is 8.61. The van der Waals surface area contributed by atoms with E-state index in [-0.39, 0.29) is 16.7 Å². The molecule has 0 atom stereocenters. The lowest BCUT2D eigenvalue weighted by atomic mass is 10.1. The second kappa shape index (κ2) is 7.37. The van der Waals surface area contributed by atoms with Gasteiger partial charge in [-0.1, -0.05) is 6.07 Å². The van der Waals surface area contributed by atoms with Gasteiger partial charge in [0.2, 0.25) is 0 Å². The summed E-state index contributed by atoms with van der Waals surface area (Å²) in [6, 6.07) is 9.51. The van der Waals surface area contributed by atoms with E-state index in [1.807, 2.05) is 0 Å². The zero-order valence-corrected chi connectivity index (χ0v) is 16.3. The van der Waals surface area contributed by atoms with Crippen LogP contribution in [0.1, 0.15) is 18.4 Å². The number of furan rings is 1. The van der Waals surface area contributed by atoms with Crippen molar-refractivity contribution in [1.29, 1.82) is 0 Å². The summed E-state index contributed by atoms with van der Waals surface area (Å²) in [5, 5.41) is 14.0. The molecule has 0 aliphatic carbocycles. The van der Waals surface area contributed by atoms with Gasteiger partial charge in [0, 0.05) is 11.5 Å². The number of hydrogen-bond donors (Lipinski definition) is 3. The number of anilines is 1. The van der Waals surface area contributed by atoms with Gasteiger partial charge in [-0.25, -0.2) is 8.42 Å². The van der Waals surface area contributed by atoms with Crippen molar-refractivity contribution in [3.05, 3.63) is 48.2 Å². The van der Waals surface area contributed by atoms with Crippen molar-refractivity contribution in [2.24, 2.45) is 0 Å². The minimum absolute atomic E-state index is 0.0437. The van der Waals surface area contributed by atoms with Crippen LogP contribution in [0.3, 0.4) is 0 Å². The number of rotatable bonds is 5. The van der Waals surface area contributed by atoms with Gasteiger partial charge in [0.1, 0.15) is 16.7 Å². The van der Waals surface area contributed by atoms with E-state index in [4.69, 9.17) is 9.15 Å². The first-order valence-corrected chi connectivity index (χ1v) is 10.6. The Morgan fingerprint density at radius 3 is 2.75 bits per heavy atom. The van der Waals surface area contributed by atoms with Crippen molar-refractivity contribution in [1.82, 2.24) is 5.32 Å². The van der Waals surface area contributed by atoms with Gasteiger partial charge in [0.25, 0.3) is 10.0 Å². The van der Waals surface area contributed by atoms with E-state index in [9.17, 15) is 13.5 Å². The number of fused-ring (bicyclic) bond motifs is 1. The molecule has 1 saturated heterocycles. The van der Waals surface area contributed by atoms with Crippen LogP contribution in [-0.2, 0) is 10.0 Å². The Morgan fingerprint density at radius 1 is 1.18 bits per heavy atom. The van der Waals surface area contributed by atoms with Gasteiger partial charge < -0.3 is 19.6 Å². The number of aryl methyl sites for hydroxylation is 1. The van der Waals surface area contributed by atoms with Gasteiger partial charge in [-0.2, -0.15) is 0 Å². The molecule has 2 aromatic carbocycles. The third-order valence-electron chi connectivity index (χ3n) is 4.75. The molecule has 7 nitrogen and oxygen atoms in total. The summed E-state index contributed by atoms with van der Waals surface area (Å²) in [6.45, 7) is 3.52. The molecule has 8 heteroatoms. The van der Waals surface area contributed by atoms with E-state index in [0.29, 0.717) is 17.0 Å². The zero-order chi connectivity index (χ0) is 19.7. The lowest BCUT2D eigenvalue weighted by Gasteiger charge is -2.24.